The molecule has 0 spiro atoms. The van der Waals surface area contributed by atoms with Crippen molar-refractivity contribution in [3.05, 3.63) is 0 Å². The van der Waals surface area contributed by atoms with Crippen molar-refractivity contribution in [1.29, 1.82) is 0 Å². The molecule has 2 aliphatic rings. The minimum Gasteiger partial charge on any atom is -0.375 e. The number of likely N-dealkylation sites (tertiary alicyclic amines) is 1. The van der Waals surface area contributed by atoms with Crippen LogP contribution in [-0.4, -0.2) is 48.8 Å². The molecule has 20 heavy (non-hydrogen) atoms. The van der Waals surface area contributed by atoms with Crippen LogP contribution in [0.2, 0.25) is 0 Å². The normalized spacial score (nSPS) is 31.8. The highest BCUT2D eigenvalue weighted by molar-refractivity contribution is 4.96. The summed E-state index contributed by atoms with van der Waals surface area (Å²) in [6.45, 7) is 15.5. The van der Waals surface area contributed by atoms with Gasteiger partial charge in [-0.2, -0.15) is 0 Å². The van der Waals surface area contributed by atoms with E-state index >= 15 is 0 Å². The number of nitrogens with one attached hydrogen (secondary N) is 1. The van der Waals surface area contributed by atoms with Crippen LogP contribution < -0.4 is 5.32 Å². The first-order valence-corrected chi connectivity index (χ1v) is 8.54. The molecule has 0 aromatic rings. The molecule has 1 aliphatic heterocycles. The van der Waals surface area contributed by atoms with Gasteiger partial charge >= 0.3 is 0 Å². The lowest BCUT2D eigenvalue weighted by Gasteiger charge is -2.49. The first kappa shape index (κ1) is 16.3. The second kappa shape index (κ2) is 6.76. The molecule has 1 heterocycles. The van der Waals surface area contributed by atoms with Gasteiger partial charge in [0.1, 0.15) is 0 Å². The molecule has 1 aliphatic carbocycles. The smallest absolute Gasteiger partial charge is 0.0750 e. The van der Waals surface area contributed by atoms with Crippen molar-refractivity contribution in [3.8, 4) is 0 Å². The Hall–Kier alpha value is -0.120. The molecule has 2 atom stereocenters. The predicted octanol–water partition coefficient (Wildman–Crippen LogP) is 2.90. The summed E-state index contributed by atoms with van der Waals surface area (Å²) in [4.78, 5) is 2.68. The largest absolute Gasteiger partial charge is 0.375 e. The first-order valence-electron chi connectivity index (χ1n) is 8.54. The summed E-state index contributed by atoms with van der Waals surface area (Å²) in [5.74, 6) is 1.67. The van der Waals surface area contributed by atoms with Crippen molar-refractivity contribution in [2.75, 3.05) is 26.2 Å². The maximum atomic E-state index is 5.83. The fraction of sp³-hybridized carbons (Fsp3) is 1.00. The Morgan fingerprint density at radius 1 is 1.20 bits per heavy atom. The number of fused-ring (bicyclic) bond motifs is 2. The predicted molar refractivity (Wildman–Crippen MR) is 85.0 cm³/mol. The number of piperidine rings is 1. The average Bonchev–Trinajstić information content (AvgIpc) is 2.35. The Morgan fingerprint density at radius 2 is 1.80 bits per heavy atom. The van der Waals surface area contributed by atoms with Gasteiger partial charge in [0.2, 0.25) is 0 Å². The molecule has 0 radical (unpaired) electrons. The van der Waals surface area contributed by atoms with Crippen LogP contribution in [-0.2, 0) is 4.74 Å². The maximum Gasteiger partial charge on any atom is 0.0750 e. The molecule has 2 fully saturated rings. The highest BCUT2D eigenvalue weighted by Crippen LogP contribution is 2.35. The molecule has 118 valence electrons. The number of ether oxygens (including phenoxy) is 1. The van der Waals surface area contributed by atoms with Crippen molar-refractivity contribution in [2.24, 2.45) is 11.8 Å². The highest BCUT2D eigenvalue weighted by atomic mass is 16.5. The third kappa shape index (κ3) is 3.96. The van der Waals surface area contributed by atoms with Crippen molar-refractivity contribution in [2.45, 2.75) is 71.6 Å². The zero-order valence-corrected chi connectivity index (χ0v) is 14.1. The van der Waals surface area contributed by atoms with Crippen molar-refractivity contribution < 1.29 is 4.74 Å². The molecular weight excluding hydrogens is 248 g/mol. The molecular formula is C17H34N2O. The third-order valence-electron chi connectivity index (χ3n) is 5.13. The van der Waals surface area contributed by atoms with E-state index in [0.717, 1.165) is 25.0 Å². The molecule has 3 nitrogen and oxygen atoms in total. The average molecular weight is 282 g/mol. The molecule has 0 aromatic carbocycles. The summed E-state index contributed by atoms with van der Waals surface area (Å²) in [6, 6.07) is 1.40. The Morgan fingerprint density at radius 3 is 2.30 bits per heavy atom. The maximum absolute atomic E-state index is 5.83. The van der Waals surface area contributed by atoms with Gasteiger partial charge in [-0.1, -0.05) is 6.42 Å². The molecule has 1 N–H and O–H groups in total. The van der Waals surface area contributed by atoms with E-state index in [1.54, 1.807) is 0 Å². The lowest BCUT2D eigenvalue weighted by atomic mass is 9.73. The molecule has 0 aromatic heterocycles. The van der Waals surface area contributed by atoms with Crippen molar-refractivity contribution in [3.63, 3.8) is 0 Å². The zero-order chi connectivity index (χ0) is 14.8. The van der Waals surface area contributed by atoms with Crippen LogP contribution in [0.4, 0.5) is 0 Å². The van der Waals surface area contributed by atoms with Crippen LogP contribution in [0.1, 0.15) is 53.9 Å². The second-order valence-electron chi connectivity index (χ2n) is 7.60. The standard InChI is InChI=1S/C17H34N2O/c1-6-20-17(4,5)12-18-16-14-8-7-9-15(16)11-19(10-14)13(2)3/h13-16,18H,6-12H2,1-5H3. The van der Waals surface area contributed by atoms with Crippen LogP contribution in [0.5, 0.6) is 0 Å². The first-order chi connectivity index (χ1) is 9.43. The van der Waals surface area contributed by atoms with Gasteiger partial charge in [-0.15, -0.1) is 0 Å². The molecule has 2 bridgehead atoms. The van der Waals surface area contributed by atoms with Crippen LogP contribution >= 0.6 is 0 Å². The van der Waals surface area contributed by atoms with Gasteiger partial charge in [0.15, 0.2) is 0 Å². The zero-order valence-electron chi connectivity index (χ0n) is 14.1. The van der Waals surface area contributed by atoms with E-state index in [1.807, 2.05) is 0 Å². The Labute approximate surface area is 125 Å². The molecule has 1 saturated heterocycles. The van der Waals surface area contributed by atoms with Crippen LogP contribution in [0.25, 0.3) is 0 Å². The Bertz CT molecular complexity index is 289. The lowest BCUT2D eigenvalue weighted by Crippen LogP contribution is -2.59. The van der Waals surface area contributed by atoms with E-state index in [1.165, 1.54) is 32.4 Å². The van der Waals surface area contributed by atoms with E-state index in [-0.39, 0.29) is 5.60 Å². The van der Waals surface area contributed by atoms with E-state index in [9.17, 15) is 0 Å². The number of nitrogens with zero attached hydrogens (tertiary/aromatic N) is 1. The topological polar surface area (TPSA) is 24.5 Å². The quantitative estimate of drug-likeness (QED) is 0.811. The van der Waals surface area contributed by atoms with Gasteiger partial charge in [0, 0.05) is 38.3 Å². The fourth-order valence-electron chi connectivity index (χ4n) is 4.03. The van der Waals surface area contributed by atoms with Crippen molar-refractivity contribution >= 4 is 0 Å². The summed E-state index contributed by atoms with van der Waals surface area (Å²) in [7, 11) is 0. The van der Waals surface area contributed by atoms with Crippen LogP contribution in [0.15, 0.2) is 0 Å². The Kier molecular flexibility index (Phi) is 5.49. The van der Waals surface area contributed by atoms with Crippen LogP contribution in [0, 0.1) is 11.8 Å². The van der Waals surface area contributed by atoms with E-state index < -0.39 is 0 Å². The summed E-state index contributed by atoms with van der Waals surface area (Å²) in [6.07, 6.45) is 4.22. The molecule has 2 unspecified atom stereocenters. The molecule has 3 heteroatoms. The van der Waals surface area contributed by atoms with Crippen molar-refractivity contribution in [1.82, 2.24) is 10.2 Å². The number of rotatable bonds is 6. The van der Waals surface area contributed by atoms with E-state index in [4.69, 9.17) is 4.74 Å². The summed E-state index contributed by atoms with van der Waals surface area (Å²) >= 11 is 0. The molecule has 0 amide bonds. The Balaban J connectivity index is 1.92. The fourth-order valence-corrected chi connectivity index (χ4v) is 4.03. The summed E-state index contributed by atoms with van der Waals surface area (Å²) in [5, 5.41) is 3.86. The monoisotopic (exact) mass is 282 g/mol. The van der Waals surface area contributed by atoms with Gasteiger partial charge in [-0.3, -0.25) is 0 Å². The molecule has 1 saturated carbocycles. The van der Waals surface area contributed by atoms with Gasteiger partial charge in [-0.25, -0.2) is 0 Å². The van der Waals surface area contributed by atoms with Gasteiger partial charge in [0.05, 0.1) is 5.60 Å². The van der Waals surface area contributed by atoms with Crippen LogP contribution in [0.3, 0.4) is 0 Å². The van der Waals surface area contributed by atoms with Gasteiger partial charge < -0.3 is 15.0 Å². The van der Waals surface area contributed by atoms with E-state index in [0.29, 0.717) is 12.1 Å². The minimum absolute atomic E-state index is 0.0434. The van der Waals surface area contributed by atoms with E-state index in [2.05, 4.69) is 44.8 Å². The lowest BCUT2D eigenvalue weighted by molar-refractivity contribution is -0.0249. The SMILES string of the molecule is CCOC(C)(C)CNC1C2CCCC1CN(C(C)C)C2. The summed E-state index contributed by atoms with van der Waals surface area (Å²) < 4.78 is 5.83. The number of hydrogen-bond acceptors (Lipinski definition) is 3. The van der Waals surface area contributed by atoms with Gasteiger partial charge in [0.25, 0.3) is 0 Å². The molecule has 2 rings (SSSR count). The number of hydrogen-bond donors (Lipinski definition) is 1. The summed E-state index contributed by atoms with van der Waals surface area (Å²) in [5.41, 5.74) is -0.0434. The van der Waals surface area contributed by atoms with Gasteiger partial charge in [-0.05, 0) is 59.3 Å². The third-order valence-corrected chi connectivity index (χ3v) is 5.13. The minimum atomic E-state index is -0.0434. The highest BCUT2D eigenvalue weighted by Gasteiger charge is 2.40. The second-order valence-corrected chi connectivity index (χ2v) is 7.60.